The lowest BCUT2D eigenvalue weighted by Gasteiger charge is -2.29. The van der Waals surface area contributed by atoms with Crippen LogP contribution in [0.1, 0.15) is 34.9 Å². The third-order valence-corrected chi connectivity index (χ3v) is 4.58. The number of rotatable bonds is 4. The van der Waals surface area contributed by atoms with Crippen LogP contribution in [0.2, 0.25) is 0 Å². The summed E-state index contributed by atoms with van der Waals surface area (Å²) in [6, 6.07) is 5.63. The molecule has 1 fully saturated rings. The van der Waals surface area contributed by atoms with E-state index in [-0.39, 0.29) is 24.2 Å². The number of fused-ring (bicyclic) bond motifs is 1. The predicted octanol–water partition coefficient (Wildman–Crippen LogP) is 1.11. The van der Waals surface area contributed by atoms with E-state index in [2.05, 4.69) is 10.3 Å². The van der Waals surface area contributed by atoms with Crippen LogP contribution in [0.5, 0.6) is 11.5 Å². The average molecular weight is 358 g/mol. The molecule has 1 saturated heterocycles. The zero-order valence-corrected chi connectivity index (χ0v) is 14.0. The summed E-state index contributed by atoms with van der Waals surface area (Å²) in [6.07, 6.45) is 2.98. The molecule has 0 saturated carbocycles. The maximum Gasteiger partial charge on any atom is 0.358 e. The third-order valence-electron chi connectivity index (χ3n) is 4.58. The molecule has 3 heterocycles. The minimum atomic E-state index is -1.17. The van der Waals surface area contributed by atoms with Crippen molar-refractivity contribution in [1.82, 2.24) is 19.9 Å². The molecule has 0 radical (unpaired) electrons. The number of aromatic nitrogens is 3. The number of aromatic carboxylic acids is 1. The standard InChI is InChI=1S/C17H18N4O5/c22-15(10-20-9-12(17(23)24)18-19-20)21-6-2-4-13(21)11-3-1-5-14-16(11)26-8-7-25-14/h1,3,5,9,13H,2,4,6-8,10H2,(H,23,24). The number of carbonyl (C=O) groups excluding carboxylic acids is 1. The third kappa shape index (κ3) is 2.96. The van der Waals surface area contributed by atoms with E-state index >= 15 is 0 Å². The Bertz CT molecular complexity index is 849. The van der Waals surface area contributed by atoms with E-state index in [9.17, 15) is 9.59 Å². The number of amides is 1. The summed E-state index contributed by atoms with van der Waals surface area (Å²) in [6.45, 7) is 1.58. The van der Waals surface area contributed by atoms with Crippen LogP contribution >= 0.6 is 0 Å². The topological polar surface area (TPSA) is 107 Å². The number of carboxylic acid groups (broad SMARTS) is 1. The Morgan fingerprint density at radius 3 is 2.92 bits per heavy atom. The summed E-state index contributed by atoms with van der Waals surface area (Å²) in [7, 11) is 0. The Morgan fingerprint density at radius 1 is 1.27 bits per heavy atom. The van der Waals surface area contributed by atoms with Crippen molar-refractivity contribution < 1.29 is 24.2 Å². The van der Waals surface area contributed by atoms with Crippen molar-refractivity contribution in [3.8, 4) is 11.5 Å². The van der Waals surface area contributed by atoms with E-state index < -0.39 is 5.97 Å². The molecule has 136 valence electrons. The van der Waals surface area contributed by atoms with Crippen LogP contribution in [0.3, 0.4) is 0 Å². The first-order valence-electron chi connectivity index (χ1n) is 8.45. The van der Waals surface area contributed by atoms with Gasteiger partial charge < -0.3 is 19.5 Å². The summed E-state index contributed by atoms with van der Waals surface area (Å²) in [5.41, 5.74) is 0.760. The molecule has 1 aromatic heterocycles. The first kappa shape index (κ1) is 16.4. The minimum absolute atomic E-state index is 0.0524. The van der Waals surface area contributed by atoms with Gasteiger partial charge in [-0.3, -0.25) is 4.79 Å². The molecule has 2 aliphatic rings. The molecule has 4 rings (SSSR count). The smallest absolute Gasteiger partial charge is 0.358 e. The van der Waals surface area contributed by atoms with E-state index in [1.165, 1.54) is 10.9 Å². The van der Waals surface area contributed by atoms with Crippen LogP contribution < -0.4 is 9.47 Å². The highest BCUT2D eigenvalue weighted by Crippen LogP contribution is 2.42. The summed E-state index contributed by atoms with van der Waals surface area (Å²) in [4.78, 5) is 25.4. The van der Waals surface area contributed by atoms with E-state index in [1.807, 2.05) is 18.2 Å². The highest BCUT2D eigenvalue weighted by Gasteiger charge is 2.33. The fraction of sp³-hybridized carbons (Fsp3) is 0.412. The van der Waals surface area contributed by atoms with Gasteiger partial charge in [-0.1, -0.05) is 17.3 Å². The van der Waals surface area contributed by atoms with Crippen LogP contribution in [-0.2, 0) is 11.3 Å². The van der Waals surface area contributed by atoms with Gasteiger partial charge in [0.05, 0.1) is 12.2 Å². The lowest BCUT2D eigenvalue weighted by molar-refractivity contribution is -0.133. The largest absolute Gasteiger partial charge is 0.486 e. The lowest BCUT2D eigenvalue weighted by atomic mass is 10.0. The molecule has 1 amide bonds. The molecule has 0 bridgehead atoms. The summed E-state index contributed by atoms with van der Waals surface area (Å²) in [5, 5.41) is 16.2. The zero-order valence-electron chi connectivity index (χ0n) is 14.0. The Kier molecular flexibility index (Phi) is 4.19. The highest BCUT2D eigenvalue weighted by atomic mass is 16.6. The van der Waals surface area contributed by atoms with Crippen molar-refractivity contribution in [3.63, 3.8) is 0 Å². The molecule has 9 heteroatoms. The van der Waals surface area contributed by atoms with E-state index in [0.717, 1.165) is 18.4 Å². The summed E-state index contributed by atoms with van der Waals surface area (Å²) < 4.78 is 12.7. The summed E-state index contributed by atoms with van der Waals surface area (Å²) >= 11 is 0. The molecular formula is C17H18N4O5. The fourth-order valence-electron chi connectivity index (χ4n) is 3.45. The van der Waals surface area contributed by atoms with Crippen molar-refractivity contribution in [3.05, 3.63) is 35.7 Å². The Labute approximate surface area is 149 Å². The van der Waals surface area contributed by atoms with Crippen molar-refractivity contribution in [2.75, 3.05) is 19.8 Å². The Morgan fingerprint density at radius 2 is 2.12 bits per heavy atom. The van der Waals surface area contributed by atoms with E-state index in [0.29, 0.717) is 31.3 Å². The maximum atomic E-state index is 12.8. The van der Waals surface area contributed by atoms with Crippen LogP contribution in [0.15, 0.2) is 24.4 Å². The first-order chi connectivity index (χ1) is 12.6. The van der Waals surface area contributed by atoms with Gasteiger partial charge >= 0.3 is 5.97 Å². The molecular weight excluding hydrogens is 340 g/mol. The number of carboxylic acids is 1. The molecule has 1 aromatic carbocycles. The van der Waals surface area contributed by atoms with Crippen LogP contribution in [-0.4, -0.2) is 56.6 Å². The Balaban J connectivity index is 1.55. The Hall–Kier alpha value is -3.10. The molecule has 0 aliphatic carbocycles. The molecule has 26 heavy (non-hydrogen) atoms. The van der Waals surface area contributed by atoms with Crippen molar-refractivity contribution in [2.24, 2.45) is 0 Å². The van der Waals surface area contributed by atoms with Crippen LogP contribution in [0.4, 0.5) is 0 Å². The second-order valence-corrected chi connectivity index (χ2v) is 6.22. The molecule has 9 nitrogen and oxygen atoms in total. The number of ether oxygens (including phenoxy) is 2. The second-order valence-electron chi connectivity index (χ2n) is 6.22. The number of nitrogens with zero attached hydrogens (tertiary/aromatic N) is 4. The second kappa shape index (κ2) is 6.66. The molecule has 1 unspecified atom stereocenters. The molecule has 2 aromatic rings. The van der Waals surface area contributed by atoms with Gasteiger partial charge in [0, 0.05) is 12.1 Å². The fourth-order valence-corrected chi connectivity index (χ4v) is 3.45. The molecule has 1 N–H and O–H groups in total. The van der Waals surface area contributed by atoms with Gasteiger partial charge in [0.25, 0.3) is 0 Å². The van der Waals surface area contributed by atoms with Crippen LogP contribution in [0.25, 0.3) is 0 Å². The van der Waals surface area contributed by atoms with Crippen molar-refractivity contribution in [1.29, 1.82) is 0 Å². The number of hydrogen-bond acceptors (Lipinski definition) is 6. The maximum absolute atomic E-state index is 12.8. The number of carbonyl (C=O) groups is 2. The zero-order chi connectivity index (χ0) is 18.1. The van der Waals surface area contributed by atoms with Gasteiger partial charge in [0.15, 0.2) is 17.2 Å². The van der Waals surface area contributed by atoms with Gasteiger partial charge in [-0.25, -0.2) is 9.48 Å². The lowest BCUT2D eigenvalue weighted by Crippen LogP contribution is -2.34. The normalized spacial score (nSPS) is 18.8. The van der Waals surface area contributed by atoms with Crippen molar-refractivity contribution in [2.45, 2.75) is 25.4 Å². The molecule has 1 atom stereocenters. The number of hydrogen-bond donors (Lipinski definition) is 1. The van der Waals surface area contributed by atoms with Gasteiger partial charge in [0.1, 0.15) is 19.8 Å². The average Bonchev–Trinajstić information content (AvgIpc) is 3.30. The van der Waals surface area contributed by atoms with E-state index in [4.69, 9.17) is 14.6 Å². The number of benzene rings is 1. The van der Waals surface area contributed by atoms with Gasteiger partial charge in [-0.05, 0) is 18.9 Å². The predicted molar refractivity (Wildman–Crippen MR) is 88.1 cm³/mol. The van der Waals surface area contributed by atoms with Gasteiger partial charge in [0.2, 0.25) is 5.91 Å². The monoisotopic (exact) mass is 358 g/mol. The highest BCUT2D eigenvalue weighted by molar-refractivity contribution is 5.85. The van der Waals surface area contributed by atoms with Gasteiger partial charge in [-0.15, -0.1) is 5.10 Å². The minimum Gasteiger partial charge on any atom is -0.486 e. The SMILES string of the molecule is O=C(O)c1cn(CC(=O)N2CCCC2c2cccc3c2OCCO3)nn1. The first-order valence-corrected chi connectivity index (χ1v) is 8.45. The summed E-state index contributed by atoms with van der Waals surface area (Å²) in [5.74, 6) is 0.104. The van der Waals surface area contributed by atoms with E-state index in [1.54, 1.807) is 4.90 Å². The quantitative estimate of drug-likeness (QED) is 0.872. The molecule has 0 spiro atoms. The number of para-hydroxylation sites is 1. The van der Waals surface area contributed by atoms with Crippen LogP contribution in [0, 0.1) is 0 Å². The van der Waals surface area contributed by atoms with Gasteiger partial charge in [-0.2, -0.15) is 0 Å². The number of likely N-dealkylation sites (tertiary alicyclic amines) is 1. The van der Waals surface area contributed by atoms with Crippen molar-refractivity contribution >= 4 is 11.9 Å². The molecule has 2 aliphatic heterocycles.